The molecule has 1 aliphatic rings. The van der Waals surface area contributed by atoms with E-state index in [1.54, 1.807) is 0 Å². The number of hydrogen-bond donors (Lipinski definition) is 2. The van der Waals surface area contributed by atoms with Crippen LogP contribution in [0.15, 0.2) is 24.3 Å². The van der Waals surface area contributed by atoms with Gasteiger partial charge in [0, 0.05) is 18.4 Å². The van der Waals surface area contributed by atoms with Gasteiger partial charge in [-0.05, 0) is 24.1 Å². The van der Waals surface area contributed by atoms with Crippen LogP contribution in [0.2, 0.25) is 0 Å². The largest absolute Gasteiger partial charge is 0.481 e. The molecule has 4 nitrogen and oxygen atoms in total. The summed E-state index contributed by atoms with van der Waals surface area (Å²) in [6.07, 6.45) is -3.88. The molecule has 0 aromatic heterocycles. The number of aliphatic carboxylic acids is 1. The van der Waals surface area contributed by atoms with Crippen LogP contribution in [0.1, 0.15) is 36.3 Å². The minimum atomic E-state index is -4.43. The molecule has 2 unspecified atom stereocenters. The van der Waals surface area contributed by atoms with E-state index in [0.29, 0.717) is 18.4 Å². The van der Waals surface area contributed by atoms with Gasteiger partial charge in [0.15, 0.2) is 0 Å². The monoisotopic (exact) mass is 301 g/mol. The Kier molecular flexibility index (Phi) is 4.20. The van der Waals surface area contributed by atoms with Crippen molar-refractivity contribution in [1.29, 1.82) is 0 Å². The number of carbonyl (C=O) groups is 2. The summed E-state index contributed by atoms with van der Waals surface area (Å²) in [5.74, 6) is -1.75. The molecular formula is C14H14F3NO3. The van der Waals surface area contributed by atoms with Crippen LogP contribution in [-0.4, -0.2) is 23.0 Å². The molecule has 0 radical (unpaired) electrons. The molecule has 1 heterocycles. The van der Waals surface area contributed by atoms with Crippen LogP contribution >= 0.6 is 0 Å². The fourth-order valence-electron chi connectivity index (χ4n) is 2.54. The van der Waals surface area contributed by atoms with E-state index >= 15 is 0 Å². The van der Waals surface area contributed by atoms with Crippen molar-refractivity contribution in [3.63, 3.8) is 0 Å². The Hall–Kier alpha value is -2.05. The van der Waals surface area contributed by atoms with Crippen LogP contribution in [0, 0.1) is 0 Å². The van der Waals surface area contributed by atoms with Gasteiger partial charge in [0.25, 0.3) is 0 Å². The average molecular weight is 301 g/mol. The highest BCUT2D eigenvalue weighted by molar-refractivity contribution is 5.79. The first kappa shape index (κ1) is 15.3. The van der Waals surface area contributed by atoms with Crippen molar-refractivity contribution in [3.05, 3.63) is 35.4 Å². The molecule has 2 rings (SSSR count). The summed E-state index contributed by atoms with van der Waals surface area (Å²) in [5, 5.41) is 11.6. The lowest BCUT2D eigenvalue weighted by Gasteiger charge is -2.22. The summed E-state index contributed by atoms with van der Waals surface area (Å²) in [7, 11) is 0. The molecule has 1 aromatic carbocycles. The van der Waals surface area contributed by atoms with E-state index in [1.165, 1.54) is 12.1 Å². The van der Waals surface area contributed by atoms with Crippen molar-refractivity contribution >= 4 is 11.9 Å². The van der Waals surface area contributed by atoms with Crippen molar-refractivity contribution in [1.82, 2.24) is 5.32 Å². The Balaban J connectivity index is 2.24. The zero-order valence-corrected chi connectivity index (χ0v) is 11.0. The quantitative estimate of drug-likeness (QED) is 0.898. The molecule has 0 spiro atoms. The number of benzene rings is 1. The Morgan fingerprint density at radius 2 is 1.95 bits per heavy atom. The minimum absolute atomic E-state index is 0.165. The molecule has 1 aliphatic heterocycles. The summed E-state index contributed by atoms with van der Waals surface area (Å²) >= 11 is 0. The zero-order valence-electron chi connectivity index (χ0n) is 11.0. The molecule has 1 aromatic rings. The third-order valence-corrected chi connectivity index (χ3v) is 3.58. The smallest absolute Gasteiger partial charge is 0.416 e. The molecule has 7 heteroatoms. The average Bonchev–Trinajstić information content (AvgIpc) is 2.81. The van der Waals surface area contributed by atoms with Crippen LogP contribution in [0.5, 0.6) is 0 Å². The van der Waals surface area contributed by atoms with Crippen molar-refractivity contribution in [2.24, 2.45) is 0 Å². The maximum Gasteiger partial charge on any atom is 0.416 e. The summed E-state index contributed by atoms with van der Waals surface area (Å²) < 4.78 is 37.6. The third-order valence-electron chi connectivity index (χ3n) is 3.58. The summed E-state index contributed by atoms with van der Waals surface area (Å²) in [6, 6.07) is 4.06. The lowest BCUT2D eigenvalue weighted by atomic mass is 9.87. The highest BCUT2D eigenvalue weighted by atomic mass is 19.4. The van der Waals surface area contributed by atoms with Crippen LogP contribution in [0.3, 0.4) is 0 Å². The van der Waals surface area contributed by atoms with Gasteiger partial charge in [-0.2, -0.15) is 13.2 Å². The molecule has 1 saturated heterocycles. The van der Waals surface area contributed by atoms with E-state index in [1.807, 2.05) is 0 Å². The molecule has 1 fully saturated rings. The van der Waals surface area contributed by atoms with Gasteiger partial charge < -0.3 is 10.4 Å². The predicted molar refractivity (Wildman–Crippen MR) is 67.6 cm³/mol. The van der Waals surface area contributed by atoms with Crippen LogP contribution < -0.4 is 5.32 Å². The number of halogens is 3. The van der Waals surface area contributed by atoms with E-state index in [4.69, 9.17) is 5.11 Å². The maximum absolute atomic E-state index is 12.5. The Morgan fingerprint density at radius 3 is 2.38 bits per heavy atom. The molecule has 114 valence electrons. The zero-order chi connectivity index (χ0) is 15.6. The Morgan fingerprint density at radius 1 is 1.33 bits per heavy atom. The molecule has 21 heavy (non-hydrogen) atoms. The second kappa shape index (κ2) is 5.75. The molecule has 0 saturated carbocycles. The number of rotatable bonds is 4. The van der Waals surface area contributed by atoms with Crippen LogP contribution in [-0.2, 0) is 15.8 Å². The molecular weight excluding hydrogens is 287 g/mol. The van der Waals surface area contributed by atoms with E-state index in [0.717, 1.165) is 12.1 Å². The lowest BCUT2D eigenvalue weighted by Crippen LogP contribution is -2.32. The van der Waals surface area contributed by atoms with Gasteiger partial charge in [0.05, 0.1) is 12.0 Å². The number of carbonyl (C=O) groups excluding carboxylic acids is 1. The molecule has 0 bridgehead atoms. The SMILES string of the molecule is O=C(O)CC(c1ccc(C(F)(F)F)cc1)C1CCC(=O)N1. The number of carboxylic acid groups (broad SMARTS) is 1. The second-order valence-electron chi connectivity index (χ2n) is 5.04. The van der Waals surface area contributed by atoms with Gasteiger partial charge in [-0.25, -0.2) is 0 Å². The highest BCUT2D eigenvalue weighted by Crippen LogP contribution is 2.33. The normalized spacial score (nSPS) is 20.1. The number of nitrogens with one attached hydrogen (secondary N) is 1. The van der Waals surface area contributed by atoms with Crippen LogP contribution in [0.25, 0.3) is 0 Å². The molecule has 2 atom stereocenters. The lowest BCUT2D eigenvalue weighted by molar-refractivity contribution is -0.138. The van der Waals surface area contributed by atoms with Crippen molar-refractivity contribution < 1.29 is 27.9 Å². The van der Waals surface area contributed by atoms with Crippen molar-refractivity contribution in [2.45, 2.75) is 37.4 Å². The summed E-state index contributed by atoms with van der Waals surface area (Å²) in [5.41, 5.74) is -0.298. The Bertz CT molecular complexity index is 539. The third kappa shape index (κ3) is 3.74. The van der Waals surface area contributed by atoms with Gasteiger partial charge in [0.1, 0.15) is 0 Å². The van der Waals surface area contributed by atoms with Gasteiger partial charge >= 0.3 is 12.1 Å². The van der Waals surface area contributed by atoms with Crippen molar-refractivity contribution in [2.75, 3.05) is 0 Å². The van der Waals surface area contributed by atoms with Gasteiger partial charge in [0.2, 0.25) is 5.91 Å². The number of carboxylic acids is 1. The molecule has 1 amide bonds. The van der Waals surface area contributed by atoms with Gasteiger partial charge in [-0.1, -0.05) is 12.1 Å². The number of alkyl halides is 3. The summed E-state index contributed by atoms with van der Waals surface area (Å²) in [6.45, 7) is 0. The van der Waals surface area contributed by atoms with E-state index in [2.05, 4.69) is 5.32 Å². The van der Waals surface area contributed by atoms with Crippen molar-refractivity contribution in [3.8, 4) is 0 Å². The fourth-order valence-corrected chi connectivity index (χ4v) is 2.54. The first-order valence-corrected chi connectivity index (χ1v) is 6.45. The highest BCUT2D eigenvalue weighted by Gasteiger charge is 2.33. The first-order valence-electron chi connectivity index (χ1n) is 6.45. The predicted octanol–water partition coefficient (Wildman–Crippen LogP) is 2.54. The topological polar surface area (TPSA) is 66.4 Å². The standard InChI is InChI=1S/C14H14F3NO3/c15-14(16,17)9-3-1-8(2-4-9)10(7-13(20)21)11-5-6-12(19)18-11/h1-4,10-11H,5-7H2,(H,18,19)(H,20,21). The fraction of sp³-hybridized carbons (Fsp3) is 0.429. The number of hydrogen-bond acceptors (Lipinski definition) is 2. The van der Waals surface area contributed by atoms with Gasteiger partial charge in [-0.3, -0.25) is 9.59 Å². The Labute approximate surface area is 119 Å². The maximum atomic E-state index is 12.5. The minimum Gasteiger partial charge on any atom is -0.481 e. The molecule has 0 aliphatic carbocycles. The number of amides is 1. The van der Waals surface area contributed by atoms with Crippen LogP contribution in [0.4, 0.5) is 13.2 Å². The van der Waals surface area contributed by atoms with E-state index in [-0.39, 0.29) is 18.4 Å². The van der Waals surface area contributed by atoms with Gasteiger partial charge in [-0.15, -0.1) is 0 Å². The van der Waals surface area contributed by atoms with E-state index in [9.17, 15) is 22.8 Å². The molecule has 2 N–H and O–H groups in total. The summed E-state index contributed by atoms with van der Waals surface area (Å²) in [4.78, 5) is 22.2. The van der Waals surface area contributed by atoms with E-state index < -0.39 is 23.6 Å². The first-order chi connectivity index (χ1) is 9.77. The second-order valence-corrected chi connectivity index (χ2v) is 5.04.